The Hall–Kier alpha value is -3.07. The molecule has 1 atom stereocenters. The van der Waals surface area contributed by atoms with Gasteiger partial charge in [0.15, 0.2) is 27.9 Å². The minimum Gasteiger partial charge on any atom is -0.485 e. The van der Waals surface area contributed by atoms with Crippen LogP contribution < -0.4 is 14.8 Å². The zero-order chi connectivity index (χ0) is 19.4. The summed E-state index contributed by atoms with van der Waals surface area (Å²) in [6.07, 6.45) is 0.136. The number of carbonyl (C=O) groups is 2. The molecule has 27 heavy (non-hydrogen) atoms. The van der Waals surface area contributed by atoms with E-state index < -0.39 is 34.4 Å². The molecule has 2 aromatic rings. The molecule has 0 fully saturated rings. The lowest BCUT2D eigenvalue weighted by molar-refractivity contribution is -0.156. The average molecular weight is 391 g/mol. The van der Waals surface area contributed by atoms with Crippen LogP contribution in [0.25, 0.3) is 0 Å². The molecule has 3 rings (SSSR count). The Bertz CT molecular complexity index is 954. The van der Waals surface area contributed by atoms with E-state index in [1.807, 2.05) is 0 Å². The molecule has 1 aliphatic heterocycles. The number of hydrogen-bond acceptors (Lipinski definition) is 7. The van der Waals surface area contributed by atoms with Crippen molar-refractivity contribution < 1.29 is 32.2 Å². The lowest BCUT2D eigenvalue weighted by Gasteiger charge is -2.24. The van der Waals surface area contributed by atoms with Gasteiger partial charge in [0.2, 0.25) is 6.10 Å². The normalized spacial score (nSPS) is 15.7. The van der Waals surface area contributed by atoms with E-state index in [1.54, 1.807) is 24.3 Å². The third kappa shape index (κ3) is 4.76. The van der Waals surface area contributed by atoms with Gasteiger partial charge in [0.1, 0.15) is 6.61 Å². The molecule has 142 valence electrons. The molecule has 1 unspecified atom stereocenters. The van der Waals surface area contributed by atoms with E-state index in [0.717, 1.165) is 6.26 Å². The van der Waals surface area contributed by atoms with Gasteiger partial charge in [-0.1, -0.05) is 12.1 Å². The molecular formula is C18H17NO7S. The van der Waals surface area contributed by atoms with Crippen molar-refractivity contribution in [1.29, 1.82) is 0 Å². The van der Waals surface area contributed by atoms with Crippen LogP contribution in [-0.4, -0.2) is 45.9 Å². The van der Waals surface area contributed by atoms with E-state index in [9.17, 15) is 18.0 Å². The second-order valence-corrected chi connectivity index (χ2v) is 7.83. The standard InChI is InChI=1S/C18H17NO7S/c1-27(22,23)13-8-6-12(7-9-13)19-17(20)11-25-18(21)16-10-24-14-4-2-3-5-15(14)26-16/h2-9,16H,10-11H2,1H3,(H,19,20). The molecule has 0 saturated carbocycles. The first kappa shape index (κ1) is 18.7. The number of amides is 1. The van der Waals surface area contributed by atoms with Gasteiger partial charge < -0.3 is 19.5 Å². The highest BCUT2D eigenvalue weighted by Crippen LogP contribution is 2.31. The molecule has 2 aromatic carbocycles. The number of hydrogen-bond donors (Lipinski definition) is 1. The number of anilines is 1. The number of nitrogens with one attached hydrogen (secondary N) is 1. The molecule has 8 nitrogen and oxygen atoms in total. The highest BCUT2D eigenvalue weighted by atomic mass is 32.2. The third-order valence-electron chi connectivity index (χ3n) is 3.68. The predicted octanol–water partition coefficient (Wildman–Crippen LogP) is 1.41. The van der Waals surface area contributed by atoms with Crippen molar-refractivity contribution in [3.8, 4) is 11.5 Å². The number of benzene rings is 2. The Morgan fingerprint density at radius 3 is 2.44 bits per heavy atom. The smallest absolute Gasteiger partial charge is 0.351 e. The fraction of sp³-hybridized carbons (Fsp3) is 0.222. The van der Waals surface area contributed by atoms with Crippen LogP contribution in [0.3, 0.4) is 0 Å². The van der Waals surface area contributed by atoms with Crippen LogP contribution in [-0.2, 0) is 24.2 Å². The van der Waals surface area contributed by atoms with E-state index in [1.165, 1.54) is 24.3 Å². The largest absolute Gasteiger partial charge is 0.485 e. The molecule has 0 aliphatic carbocycles. The van der Waals surface area contributed by atoms with Crippen molar-refractivity contribution in [2.75, 3.05) is 24.8 Å². The third-order valence-corrected chi connectivity index (χ3v) is 4.81. The Morgan fingerprint density at radius 2 is 1.78 bits per heavy atom. The van der Waals surface area contributed by atoms with Crippen molar-refractivity contribution in [3.05, 3.63) is 48.5 Å². The zero-order valence-corrected chi connectivity index (χ0v) is 15.2. The topological polar surface area (TPSA) is 108 Å². The minimum atomic E-state index is -3.31. The van der Waals surface area contributed by atoms with E-state index in [2.05, 4.69) is 5.32 Å². The summed E-state index contributed by atoms with van der Waals surface area (Å²) in [5, 5.41) is 2.51. The maximum absolute atomic E-state index is 12.0. The van der Waals surface area contributed by atoms with E-state index in [0.29, 0.717) is 17.2 Å². The number of para-hydroxylation sites is 2. The number of esters is 1. The molecular weight excluding hydrogens is 374 g/mol. The lowest BCUT2D eigenvalue weighted by atomic mass is 10.2. The Morgan fingerprint density at radius 1 is 1.11 bits per heavy atom. The van der Waals surface area contributed by atoms with Crippen molar-refractivity contribution in [3.63, 3.8) is 0 Å². The molecule has 1 heterocycles. The van der Waals surface area contributed by atoms with Crippen LogP contribution in [0, 0.1) is 0 Å². The van der Waals surface area contributed by atoms with Gasteiger partial charge in [-0.2, -0.15) is 0 Å². The quantitative estimate of drug-likeness (QED) is 0.768. The SMILES string of the molecule is CS(=O)(=O)c1ccc(NC(=O)COC(=O)C2COc3ccccc3O2)cc1. The fourth-order valence-electron chi connectivity index (χ4n) is 2.35. The molecule has 1 N–H and O–H groups in total. The predicted molar refractivity (Wildman–Crippen MR) is 95.5 cm³/mol. The molecule has 9 heteroatoms. The minimum absolute atomic E-state index is 0.00950. The van der Waals surface area contributed by atoms with E-state index >= 15 is 0 Å². The van der Waals surface area contributed by atoms with Gasteiger partial charge in [-0.15, -0.1) is 0 Å². The van der Waals surface area contributed by atoms with Gasteiger partial charge in [0, 0.05) is 11.9 Å². The average Bonchev–Trinajstić information content (AvgIpc) is 2.65. The summed E-state index contributed by atoms with van der Waals surface area (Å²) in [5.74, 6) is -0.308. The van der Waals surface area contributed by atoms with Gasteiger partial charge in [-0.3, -0.25) is 4.79 Å². The van der Waals surface area contributed by atoms with Crippen LogP contribution in [0.5, 0.6) is 11.5 Å². The fourth-order valence-corrected chi connectivity index (χ4v) is 2.98. The summed E-state index contributed by atoms with van der Waals surface area (Å²) in [5.41, 5.74) is 0.384. The Labute approximate surface area is 156 Å². The first-order chi connectivity index (χ1) is 12.8. The molecule has 0 bridgehead atoms. The summed E-state index contributed by atoms with van der Waals surface area (Å²) in [7, 11) is -3.31. The van der Waals surface area contributed by atoms with Crippen LogP contribution in [0.2, 0.25) is 0 Å². The number of carbonyl (C=O) groups excluding carboxylic acids is 2. The summed E-state index contributed by atoms with van der Waals surface area (Å²) in [6, 6.07) is 12.6. The first-order valence-electron chi connectivity index (χ1n) is 7.98. The maximum Gasteiger partial charge on any atom is 0.351 e. The molecule has 0 saturated heterocycles. The summed E-state index contributed by atoms with van der Waals surface area (Å²) in [4.78, 5) is 24.1. The summed E-state index contributed by atoms with van der Waals surface area (Å²) >= 11 is 0. The Kier molecular flexibility index (Phi) is 5.31. The van der Waals surface area contributed by atoms with Crippen molar-refractivity contribution >= 4 is 27.4 Å². The monoisotopic (exact) mass is 391 g/mol. The van der Waals surface area contributed by atoms with Crippen LogP contribution in [0.4, 0.5) is 5.69 Å². The molecule has 1 aliphatic rings. The van der Waals surface area contributed by atoms with Crippen molar-refractivity contribution in [2.24, 2.45) is 0 Å². The molecule has 0 aromatic heterocycles. The zero-order valence-electron chi connectivity index (χ0n) is 14.4. The van der Waals surface area contributed by atoms with Gasteiger partial charge in [-0.25, -0.2) is 13.2 Å². The maximum atomic E-state index is 12.0. The number of fused-ring (bicyclic) bond motifs is 1. The number of sulfone groups is 1. The summed E-state index contributed by atoms with van der Waals surface area (Å²) < 4.78 is 38.7. The number of ether oxygens (including phenoxy) is 3. The summed E-state index contributed by atoms with van der Waals surface area (Å²) in [6.45, 7) is -0.515. The molecule has 0 radical (unpaired) electrons. The highest BCUT2D eigenvalue weighted by molar-refractivity contribution is 7.90. The van der Waals surface area contributed by atoms with Gasteiger partial charge in [0.05, 0.1) is 4.90 Å². The lowest BCUT2D eigenvalue weighted by Crippen LogP contribution is -2.39. The van der Waals surface area contributed by atoms with Gasteiger partial charge >= 0.3 is 5.97 Å². The molecule has 1 amide bonds. The van der Waals surface area contributed by atoms with Crippen LogP contribution in [0.1, 0.15) is 0 Å². The number of rotatable bonds is 5. The van der Waals surface area contributed by atoms with Crippen LogP contribution in [0.15, 0.2) is 53.4 Å². The van der Waals surface area contributed by atoms with Crippen molar-refractivity contribution in [1.82, 2.24) is 0 Å². The van der Waals surface area contributed by atoms with Crippen LogP contribution >= 0.6 is 0 Å². The Balaban J connectivity index is 1.50. The molecule has 0 spiro atoms. The van der Waals surface area contributed by atoms with Gasteiger partial charge in [-0.05, 0) is 36.4 Å². The van der Waals surface area contributed by atoms with E-state index in [-0.39, 0.29) is 11.5 Å². The van der Waals surface area contributed by atoms with E-state index in [4.69, 9.17) is 14.2 Å². The second kappa shape index (κ2) is 7.67. The first-order valence-corrected chi connectivity index (χ1v) is 9.87. The van der Waals surface area contributed by atoms with Gasteiger partial charge in [0.25, 0.3) is 5.91 Å². The highest BCUT2D eigenvalue weighted by Gasteiger charge is 2.29. The van der Waals surface area contributed by atoms with Crippen molar-refractivity contribution in [2.45, 2.75) is 11.0 Å². The second-order valence-electron chi connectivity index (χ2n) is 5.82.